The molecule has 6 heteroatoms. The zero-order chi connectivity index (χ0) is 17.8. The van der Waals surface area contributed by atoms with E-state index in [2.05, 4.69) is 4.98 Å². The summed E-state index contributed by atoms with van der Waals surface area (Å²) in [6.45, 7) is 2.41. The van der Waals surface area contributed by atoms with Crippen molar-refractivity contribution >= 4 is 22.7 Å². The van der Waals surface area contributed by atoms with Crippen LogP contribution in [0.2, 0.25) is 0 Å². The number of halogens is 1. The second-order valence-corrected chi connectivity index (χ2v) is 7.07. The average molecular weight is 358 g/mol. The molecule has 0 aliphatic heterocycles. The average Bonchev–Trinajstić information content (AvgIpc) is 2.62. The number of aromatic nitrogens is 2. The number of nitrogens with zero attached hydrogens (tertiary/aromatic N) is 2. The van der Waals surface area contributed by atoms with E-state index < -0.39 is 0 Å². The van der Waals surface area contributed by atoms with Crippen LogP contribution >= 0.6 is 11.8 Å². The number of rotatable bonds is 6. The quantitative estimate of drug-likeness (QED) is 0.538. The molecule has 3 aromatic rings. The van der Waals surface area contributed by atoms with Gasteiger partial charge in [0.25, 0.3) is 5.56 Å². The molecular weight excluding hydrogens is 339 g/mol. The van der Waals surface area contributed by atoms with Gasteiger partial charge < -0.3 is 5.11 Å². The number of para-hydroxylation sites is 1. The molecule has 1 aromatic heterocycles. The molecule has 0 radical (unpaired) electrons. The lowest BCUT2D eigenvalue weighted by Gasteiger charge is -2.16. The summed E-state index contributed by atoms with van der Waals surface area (Å²) in [6, 6.07) is 13.6. The van der Waals surface area contributed by atoms with Crippen molar-refractivity contribution < 1.29 is 9.50 Å². The van der Waals surface area contributed by atoms with Crippen molar-refractivity contribution in [1.29, 1.82) is 0 Å². The lowest BCUT2D eigenvalue weighted by molar-refractivity contribution is 0.276. The summed E-state index contributed by atoms with van der Waals surface area (Å²) in [4.78, 5) is 17.4. The summed E-state index contributed by atoms with van der Waals surface area (Å²) < 4.78 is 14.7. The zero-order valence-electron chi connectivity index (χ0n) is 13.9. The first-order chi connectivity index (χ1) is 12.1. The molecule has 130 valence electrons. The molecule has 0 aliphatic rings. The van der Waals surface area contributed by atoms with Gasteiger partial charge in [-0.15, -0.1) is 0 Å². The van der Waals surface area contributed by atoms with Crippen LogP contribution in [0.25, 0.3) is 10.9 Å². The molecule has 25 heavy (non-hydrogen) atoms. The van der Waals surface area contributed by atoms with Crippen LogP contribution in [0.3, 0.4) is 0 Å². The van der Waals surface area contributed by atoms with Gasteiger partial charge in [0, 0.05) is 18.4 Å². The summed E-state index contributed by atoms with van der Waals surface area (Å²) >= 11 is 1.46. The SMILES string of the molecule is CC(Sc1nc2ccccc2c(=O)n1CCCO)c1ccc(F)cc1. The lowest BCUT2D eigenvalue weighted by Crippen LogP contribution is -2.24. The van der Waals surface area contributed by atoms with Crippen LogP contribution in [0.1, 0.15) is 24.2 Å². The van der Waals surface area contributed by atoms with Gasteiger partial charge in [0.05, 0.1) is 10.9 Å². The van der Waals surface area contributed by atoms with Gasteiger partial charge in [-0.2, -0.15) is 0 Å². The fraction of sp³-hybridized carbons (Fsp3) is 0.263. The van der Waals surface area contributed by atoms with Crippen molar-refractivity contribution in [2.45, 2.75) is 30.3 Å². The van der Waals surface area contributed by atoms with Crippen LogP contribution < -0.4 is 5.56 Å². The number of fused-ring (bicyclic) bond motifs is 1. The van der Waals surface area contributed by atoms with E-state index in [0.29, 0.717) is 29.0 Å². The molecule has 4 nitrogen and oxygen atoms in total. The maximum Gasteiger partial charge on any atom is 0.262 e. The Balaban J connectivity index is 2.01. The van der Waals surface area contributed by atoms with Crippen molar-refractivity contribution in [3.05, 3.63) is 70.3 Å². The molecule has 1 N–H and O–H groups in total. The van der Waals surface area contributed by atoms with Gasteiger partial charge in [0.2, 0.25) is 0 Å². The Morgan fingerprint density at radius 3 is 2.64 bits per heavy atom. The van der Waals surface area contributed by atoms with Gasteiger partial charge >= 0.3 is 0 Å². The first-order valence-electron chi connectivity index (χ1n) is 8.12. The highest BCUT2D eigenvalue weighted by Gasteiger charge is 2.15. The van der Waals surface area contributed by atoms with Crippen LogP contribution in [-0.4, -0.2) is 21.3 Å². The van der Waals surface area contributed by atoms with Crippen LogP contribution in [-0.2, 0) is 6.54 Å². The maximum absolute atomic E-state index is 13.1. The van der Waals surface area contributed by atoms with E-state index in [9.17, 15) is 9.18 Å². The molecule has 0 saturated carbocycles. The molecule has 3 rings (SSSR count). The number of benzene rings is 2. The molecule has 1 unspecified atom stereocenters. The van der Waals surface area contributed by atoms with Gasteiger partial charge in [-0.3, -0.25) is 9.36 Å². The Morgan fingerprint density at radius 2 is 1.92 bits per heavy atom. The predicted molar refractivity (Wildman–Crippen MR) is 98.4 cm³/mol. The van der Waals surface area contributed by atoms with E-state index in [1.807, 2.05) is 25.1 Å². The normalized spacial score (nSPS) is 12.4. The van der Waals surface area contributed by atoms with Crippen molar-refractivity contribution in [3.63, 3.8) is 0 Å². The molecule has 1 heterocycles. The molecule has 0 spiro atoms. The van der Waals surface area contributed by atoms with Crippen LogP contribution in [0, 0.1) is 5.82 Å². The van der Waals surface area contributed by atoms with Crippen LogP contribution in [0.15, 0.2) is 58.5 Å². The second-order valence-electron chi connectivity index (χ2n) is 5.76. The Bertz CT molecular complexity index is 925. The van der Waals surface area contributed by atoms with E-state index in [1.165, 1.54) is 23.9 Å². The minimum atomic E-state index is -0.273. The van der Waals surface area contributed by atoms with Crippen LogP contribution in [0.5, 0.6) is 0 Å². The van der Waals surface area contributed by atoms with Gasteiger partial charge in [-0.25, -0.2) is 9.37 Å². The number of hydrogen-bond acceptors (Lipinski definition) is 4. The topological polar surface area (TPSA) is 55.1 Å². The minimum absolute atomic E-state index is 0.00837. The second kappa shape index (κ2) is 7.80. The number of aliphatic hydroxyl groups is 1. The largest absolute Gasteiger partial charge is 0.396 e. The van der Waals surface area contributed by atoms with Gasteiger partial charge in [0.15, 0.2) is 5.16 Å². The molecule has 0 aliphatic carbocycles. The number of aliphatic hydroxyl groups excluding tert-OH is 1. The Kier molecular flexibility index (Phi) is 5.50. The van der Waals surface area contributed by atoms with Crippen molar-refractivity contribution in [1.82, 2.24) is 9.55 Å². The van der Waals surface area contributed by atoms with Crippen molar-refractivity contribution in [2.75, 3.05) is 6.61 Å². The highest BCUT2D eigenvalue weighted by atomic mass is 32.2. The molecule has 1 atom stereocenters. The van der Waals surface area contributed by atoms with E-state index in [1.54, 1.807) is 22.8 Å². The molecule has 0 bridgehead atoms. The van der Waals surface area contributed by atoms with Crippen molar-refractivity contribution in [3.8, 4) is 0 Å². The fourth-order valence-corrected chi connectivity index (χ4v) is 3.69. The Labute approximate surface area is 149 Å². The summed E-state index contributed by atoms with van der Waals surface area (Å²) in [5.74, 6) is -0.273. The third-order valence-electron chi connectivity index (χ3n) is 3.99. The summed E-state index contributed by atoms with van der Waals surface area (Å²) in [5, 5.41) is 10.3. The summed E-state index contributed by atoms with van der Waals surface area (Å²) in [5.41, 5.74) is 1.51. The van der Waals surface area contributed by atoms with E-state index in [4.69, 9.17) is 5.11 Å². The highest BCUT2D eigenvalue weighted by Crippen LogP contribution is 2.33. The molecule has 0 fully saturated rings. The smallest absolute Gasteiger partial charge is 0.262 e. The molecular formula is C19H19FN2O2S. The third kappa shape index (κ3) is 3.91. The Morgan fingerprint density at radius 1 is 1.20 bits per heavy atom. The Hall–Kier alpha value is -2.18. The molecule has 2 aromatic carbocycles. The summed E-state index contributed by atoms with van der Waals surface area (Å²) in [6.07, 6.45) is 0.485. The van der Waals surface area contributed by atoms with Gasteiger partial charge in [-0.05, 0) is 43.2 Å². The zero-order valence-corrected chi connectivity index (χ0v) is 14.7. The van der Waals surface area contributed by atoms with E-state index in [-0.39, 0.29) is 23.2 Å². The van der Waals surface area contributed by atoms with Gasteiger partial charge in [0.1, 0.15) is 5.82 Å². The molecule has 0 saturated heterocycles. The lowest BCUT2D eigenvalue weighted by atomic mass is 10.2. The van der Waals surface area contributed by atoms with Gasteiger partial charge in [-0.1, -0.05) is 36.0 Å². The predicted octanol–water partition coefficient (Wildman–Crippen LogP) is 3.77. The van der Waals surface area contributed by atoms with Crippen LogP contribution in [0.4, 0.5) is 4.39 Å². The third-order valence-corrected chi connectivity index (χ3v) is 5.14. The van der Waals surface area contributed by atoms with E-state index in [0.717, 1.165) is 5.56 Å². The summed E-state index contributed by atoms with van der Waals surface area (Å²) in [7, 11) is 0. The number of hydrogen-bond donors (Lipinski definition) is 1. The highest BCUT2D eigenvalue weighted by molar-refractivity contribution is 7.99. The standard InChI is InChI=1S/C19H19FN2O2S/c1-13(14-7-9-15(20)10-8-14)25-19-21-17-6-3-2-5-16(17)18(24)22(19)11-4-12-23/h2-3,5-10,13,23H,4,11-12H2,1H3. The first kappa shape index (κ1) is 17.6. The van der Waals surface area contributed by atoms with Crippen molar-refractivity contribution in [2.24, 2.45) is 0 Å². The fourth-order valence-electron chi connectivity index (χ4n) is 2.62. The maximum atomic E-state index is 13.1. The number of thioether (sulfide) groups is 1. The monoisotopic (exact) mass is 358 g/mol. The van der Waals surface area contributed by atoms with E-state index >= 15 is 0 Å². The minimum Gasteiger partial charge on any atom is -0.396 e. The first-order valence-corrected chi connectivity index (χ1v) is 9.00. The molecule has 0 amide bonds.